The number of aromatic nitrogens is 1. The van der Waals surface area contributed by atoms with Crippen molar-refractivity contribution < 1.29 is 9.13 Å². The highest BCUT2D eigenvalue weighted by molar-refractivity contribution is 5.95. The van der Waals surface area contributed by atoms with Crippen molar-refractivity contribution in [2.75, 3.05) is 25.1 Å². The van der Waals surface area contributed by atoms with Crippen molar-refractivity contribution in [3.8, 4) is 23.1 Å². The van der Waals surface area contributed by atoms with Crippen LogP contribution in [0.15, 0.2) is 42.5 Å². The molecule has 0 spiro atoms. The molecule has 3 aromatic rings. The standard InChI is InChI=1S/C28H32FN3O/c29-15-16-33-24-13-14-25-26(18-30)28(32(27(25)17-24)23-7-4-8-23)21-9-11-22(12-10-21)31-19-20-5-2-1-3-6-20/h9-14,17,20,23,31H,1-8,15-16,19H2. The van der Waals surface area contributed by atoms with Gasteiger partial charge in [-0.05, 0) is 67.9 Å². The van der Waals surface area contributed by atoms with Gasteiger partial charge in [0, 0.05) is 29.7 Å². The number of nitriles is 1. The number of ether oxygens (including phenoxy) is 1. The molecule has 1 heterocycles. The summed E-state index contributed by atoms with van der Waals surface area (Å²) in [4.78, 5) is 0. The molecule has 33 heavy (non-hydrogen) atoms. The van der Waals surface area contributed by atoms with Gasteiger partial charge in [-0.15, -0.1) is 0 Å². The molecule has 0 atom stereocenters. The van der Waals surface area contributed by atoms with Crippen molar-refractivity contribution in [3.05, 3.63) is 48.0 Å². The maximum Gasteiger partial charge on any atom is 0.123 e. The summed E-state index contributed by atoms with van der Waals surface area (Å²) < 4.78 is 20.5. The first-order chi connectivity index (χ1) is 16.3. The number of halogens is 1. The van der Waals surface area contributed by atoms with Crippen LogP contribution in [-0.2, 0) is 0 Å². The number of hydrogen-bond donors (Lipinski definition) is 1. The Bertz CT molecular complexity index is 1130. The quantitative estimate of drug-likeness (QED) is 0.397. The Morgan fingerprint density at radius 3 is 2.45 bits per heavy atom. The normalized spacial score (nSPS) is 17.0. The topological polar surface area (TPSA) is 50.0 Å². The van der Waals surface area contributed by atoms with Gasteiger partial charge in [0.1, 0.15) is 25.1 Å². The highest BCUT2D eigenvalue weighted by atomic mass is 19.1. The predicted octanol–water partition coefficient (Wildman–Crippen LogP) is 7.25. The SMILES string of the molecule is N#Cc1c(-c2ccc(NCC3CCCCC3)cc2)n(C2CCC2)c2cc(OCCF)ccc12. The van der Waals surface area contributed by atoms with Crippen molar-refractivity contribution in [2.45, 2.75) is 57.4 Å². The molecule has 1 aromatic heterocycles. The highest BCUT2D eigenvalue weighted by Gasteiger charge is 2.28. The molecule has 172 valence electrons. The first kappa shape index (κ1) is 21.8. The van der Waals surface area contributed by atoms with Gasteiger partial charge in [-0.25, -0.2) is 4.39 Å². The number of hydrogen-bond acceptors (Lipinski definition) is 3. The fourth-order valence-corrected chi connectivity index (χ4v) is 5.36. The van der Waals surface area contributed by atoms with Gasteiger partial charge in [-0.3, -0.25) is 0 Å². The molecule has 2 fully saturated rings. The van der Waals surface area contributed by atoms with Crippen molar-refractivity contribution in [1.82, 2.24) is 4.57 Å². The minimum atomic E-state index is -0.516. The molecule has 5 heteroatoms. The lowest BCUT2D eigenvalue weighted by atomic mass is 9.89. The van der Waals surface area contributed by atoms with E-state index in [1.807, 2.05) is 18.2 Å². The van der Waals surface area contributed by atoms with Gasteiger partial charge in [0.05, 0.1) is 16.8 Å². The second-order valence-corrected chi connectivity index (χ2v) is 9.47. The highest BCUT2D eigenvalue weighted by Crippen LogP contribution is 2.43. The lowest BCUT2D eigenvalue weighted by Gasteiger charge is -2.30. The summed E-state index contributed by atoms with van der Waals surface area (Å²) in [5, 5.41) is 14.7. The van der Waals surface area contributed by atoms with Crippen LogP contribution in [0.2, 0.25) is 0 Å². The summed E-state index contributed by atoms with van der Waals surface area (Å²) in [6.07, 6.45) is 10.2. The van der Waals surface area contributed by atoms with E-state index in [9.17, 15) is 9.65 Å². The van der Waals surface area contributed by atoms with Crippen molar-refractivity contribution in [1.29, 1.82) is 5.26 Å². The summed E-state index contributed by atoms with van der Waals surface area (Å²) in [5.74, 6) is 1.43. The predicted molar refractivity (Wildman–Crippen MR) is 132 cm³/mol. The van der Waals surface area contributed by atoms with Gasteiger partial charge >= 0.3 is 0 Å². The van der Waals surface area contributed by atoms with Gasteiger partial charge in [0.25, 0.3) is 0 Å². The molecule has 0 bridgehead atoms. The van der Waals surface area contributed by atoms with E-state index >= 15 is 0 Å². The maximum atomic E-state index is 12.6. The van der Waals surface area contributed by atoms with Crippen molar-refractivity contribution in [3.63, 3.8) is 0 Å². The Kier molecular flexibility index (Phi) is 6.53. The fraction of sp³-hybridized carbons (Fsp3) is 0.464. The van der Waals surface area contributed by atoms with E-state index in [1.54, 1.807) is 0 Å². The zero-order valence-electron chi connectivity index (χ0n) is 19.2. The van der Waals surface area contributed by atoms with Crippen LogP contribution >= 0.6 is 0 Å². The first-order valence-electron chi connectivity index (χ1n) is 12.4. The van der Waals surface area contributed by atoms with Crippen molar-refractivity contribution >= 4 is 16.6 Å². The monoisotopic (exact) mass is 445 g/mol. The van der Waals surface area contributed by atoms with Crippen LogP contribution in [0.5, 0.6) is 5.75 Å². The van der Waals surface area contributed by atoms with Gasteiger partial charge in [-0.1, -0.05) is 31.4 Å². The second-order valence-electron chi connectivity index (χ2n) is 9.47. The van der Waals surface area contributed by atoms with E-state index in [1.165, 1.54) is 38.5 Å². The van der Waals surface area contributed by atoms with Crippen molar-refractivity contribution in [2.24, 2.45) is 5.92 Å². The molecule has 0 unspecified atom stereocenters. The van der Waals surface area contributed by atoms with E-state index in [0.29, 0.717) is 17.4 Å². The number of fused-ring (bicyclic) bond motifs is 1. The lowest BCUT2D eigenvalue weighted by Crippen LogP contribution is -2.18. The fourth-order valence-electron chi connectivity index (χ4n) is 5.36. The summed E-state index contributed by atoms with van der Waals surface area (Å²) in [6.45, 7) is 0.563. The molecular formula is C28H32FN3O. The molecule has 2 saturated carbocycles. The molecular weight excluding hydrogens is 413 g/mol. The third kappa shape index (κ3) is 4.44. The number of alkyl halides is 1. The van der Waals surface area contributed by atoms with Gasteiger partial charge in [-0.2, -0.15) is 5.26 Å². The van der Waals surface area contributed by atoms with Gasteiger partial charge in [0.15, 0.2) is 0 Å². The van der Waals surface area contributed by atoms with E-state index in [2.05, 4.69) is 40.2 Å². The number of benzene rings is 2. The first-order valence-corrected chi connectivity index (χ1v) is 12.4. The lowest BCUT2D eigenvalue weighted by molar-refractivity contribution is 0.273. The average Bonchev–Trinajstić information content (AvgIpc) is 3.14. The molecule has 2 aliphatic rings. The molecule has 2 aromatic carbocycles. The molecule has 0 saturated heterocycles. The summed E-state index contributed by atoms with van der Waals surface area (Å²) in [6, 6.07) is 17.1. The maximum absolute atomic E-state index is 12.6. The van der Waals surface area contributed by atoms with Crippen LogP contribution in [0.3, 0.4) is 0 Å². The van der Waals surface area contributed by atoms with Crippen LogP contribution in [0, 0.1) is 17.2 Å². The number of rotatable bonds is 8. The second kappa shape index (κ2) is 9.87. The zero-order valence-corrected chi connectivity index (χ0v) is 19.2. The molecule has 0 amide bonds. The van der Waals surface area contributed by atoms with E-state index in [-0.39, 0.29) is 6.61 Å². The summed E-state index contributed by atoms with van der Waals surface area (Å²) in [7, 11) is 0. The van der Waals surface area contributed by atoms with Crippen LogP contribution in [0.25, 0.3) is 22.2 Å². The van der Waals surface area contributed by atoms with E-state index in [0.717, 1.165) is 53.2 Å². The van der Waals surface area contributed by atoms with Crippen LogP contribution < -0.4 is 10.1 Å². The summed E-state index contributed by atoms with van der Waals surface area (Å²) >= 11 is 0. The minimum absolute atomic E-state index is 0.0446. The van der Waals surface area contributed by atoms with Crippen LogP contribution in [0.4, 0.5) is 10.1 Å². The van der Waals surface area contributed by atoms with E-state index in [4.69, 9.17) is 4.74 Å². The Morgan fingerprint density at radius 1 is 1.00 bits per heavy atom. The molecule has 0 radical (unpaired) electrons. The van der Waals surface area contributed by atoms with E-state index < -0.39 is 6.67 Å². The Morgan fingerprint density at radius 2 is 1.79 bits per heavy atom. The molecule has 0 aliphatic heterocycles. The van der Waals surface area contributed by atoms with Gasteiger partial charge < -0.3 is 14.6 Å². The van der Waals surface area contributed by atoms with Gasteiger partial charge in [0.2, 0.25) is 0 Å². The Labute approximate surface area is 195 Å². The number of nitrogens with one attached hydrogen (secondary N) is 1. The summed E-state index contributed by atoms with van der Waals surface area (Å²) in [5.41, 5.74) is 4.89. The average molecular weight is 446 g/mol. The number of anilines is 1. The smallest absolute Gasteiger partial charge is 0.123 e. The Balaban J connectivity index is 1.48. The largest absolute Gasteiger partial charge is 0.491 e. The Hall–Kier alpha value is -3.00. The third-order valence-electron chi connectivity index (χ3n) is 7.35. The minimum Gasteiger partial charge on any atom is -0.491 e. The zero-order chi connectivity index (χ0) is 22.6. The molecule has 1 N–H and O–H groups in total. The molecule has 2 aliphatic carbocycles. The molecule has 4 nitrogen and oxygen atoms in total. The molecule has 5 rings (SSSR count). The third-order valence-corrected chi connectivity index (χ3v) is 7.35. The van der Waals surface area contributed by atoms with Crippen LogP contribution in [0.1, 0.15) is 63.0 Å². The van der Waals surface area contributed by atoms with Crippen LogP contribution in [-0.4, -0.2) is 24.4 Å². The number of nitrogens with zero attached hydrogens (tertiary/aromatic N) is 2.